The number of nitrogens with zero attached hydrogens (tertiary/aromatic N) is 2. The van der Waals surface area contributed by atoms with E-state index in [0.29, 0.717) is 11.6 Å². The number of benzene rings is 2. The van der Waals surface area contributed by atoms with Crippen LogP contribution in [0.15, 0.2) is 54.6 Å². The van der Waals surface area contributed by atoms with Crippen molar-refractivity contribution < 1.29 is 36.2 Å². The standard InChI is InChI=1S/C20H15ClF5N3O3/c21-14-6-1-2-7-15(14)29-18(9-16(28-29)20(24,25)26)31-11-17(30)27-10-12-4-3-5-13(8-12)32-19(22)23/h1-9,19H,10-11H2,(H,27,30). The number of hydrogen-bond donors (Lipinski definition) is 1. The number of amides is 1. The lowest BCUT2D eigenvalue weighted by Gasteiger charge is -2.11. The lowest BCUT2D eigenvalue weighted by Crippen LogP contribution is -2.28. The fourth-order valence-electron chi connectivity index (χ4n) is 2.62. The maximum absolute atomic E-state index is 13.1. The zero-order valence-electron chi connectivity index (χ0n) is 16.1. The molecule has 0 atom stereocenters. The Morgan fingerprint density at radius 1 is 1.12 bits per heavy atom. The second-order valence-corrected chi connectivity index (χ2v) is 6.73. The van der Waals surface area contributed by atoms with Gasteiger partial charge >= 0.3 is 12.8 Å². The lowest BCUT2D eigenvalue weighted by molar-refractivity contribution is -0.141. The van der Waals surface area contributed by atoms with Gasteiger partial charge in [0.25, 0.3) is 5.91 Å². The zero-order valence-corrected chi connectivity index (χ0v) is 16.8. The van der Waals surface area contributed by atoms with Crippen LogP contribution in [-0.4, -0.2) is 28.9 Å². The molecule has 0 aliphatic heterocycles. The molecule has 0 bridgehead atoms. The van der Waals surface area contributed by atoms with Crippen LogP contribution < -0.4 is 14.8 Å². The van der Waals surface area contributed by atoms with Crippen molar-refractivity contribution in [2.75, 3.05) is 6.61 Å². The van der Waals surface area contributed by atoms with Gasteiger partial charge in [-0.2, -0.15) is 31.7 Å². The third-order valence-corrected chi connectivity index (χ3v) is 4.33. The van der Waals surface area contributed by atoms with E-state index in [4.69, 9.17) is 16.3 Å². The van der Waals surface area contributed by atoms with Gasteiger partial charge in [-0.15, -0.1) is 0 Å². The van der Waals surface area contributed by atoms with E-state index in [1.54, 1.807) is 18.2 Å². The number of nitrogens with one attached hydrogen (secondary N) is 1. The van der Waals surface area contributed by atoms with Crippen molar-refractivity contribution in [1.82, 2.24) is 15.1 Å². The Hall–Kier alpha value is -3.34. The first-order valence-corrected chi connectivity index (χ1v) is 9.36. The summed E-state index contributed by atoms with van der Waals surface area (Å²) in [7, 11) is 0. The number of halogens is 6. The molecule has 0 aliphatic carbocycles. The topological polar surface area (TPSA) is 65.4 Å². The summed E-state index contributed by atoms with van der Waals surface area (Å²) in [6, 6.07) is 12.4. The molecule has 170 valence electrons. The number of para-hydroxylation sites is 1. The van der Waals surface area contributed by atoms with Gasteiger partial charge in [-0.25, -0.2) is 0 Å². The molecule has 3 rings (SSSR count). The Bertz CT molecular complexity index is 1090. The van der Waals surface area contributed by atoms with Gasteiger partial charge in [-0.3, -0.25) is 4.79 Å². The molecular formula is C20H15ClF5N3O3. The van der Waals surface area contributed by atoms with Crippen LogP contribution in [0.25, 0.3) is 5.69 Å². The van der Waals surface area contributed by atoms with E-state index in [-0.39, 0.29) is 28.9 Å². The predicted molar refractivity (Wildman–Crippen MR) is 104 cm³/mol. The summed E-state index contributed by atoms with van der Waals surface area (Å²) >= 11 is 6.04. The van der Waals surface area contributed by atoms with E-state index >= 15 is 0 Å². The summed E-state index contributed by atoms with van der Waals surface area (Å²) < 4.78 is 74.3. The van der Waals surface area contributed by atoms with Crippen LogP contribution in [0.1, 0.15) is 11.3 Å². The molecule has 32 heavy (non-hydrogen) atoms. The van der Waals surface area contributed by atoms with Crippen molar-refractivity contribution in [3.63, 3.8) is 0 Å². The third kappa shape index (κ3) is 6.10. The fraction of sp³-hybridized carbons (Fsp3) is 0.200. The molecule has 0 fully saturated rings. The minimum atomic E-state index is -4.74. The average molecular weight is 476 g/mol. The molecule has 0 unspecified atom stereocenters. The van der Waals surface area contributed by atoms with Gasteiger partial charge in [0.1, 0.15) is 5.75 Å². The molecular weight excluding hydrogens is 461 g/mol. The fourth-order valence-corrected chi connectivity index (χ4v) is 2.84. The summed E-state index contributed by atoms with van der Waals surface area (Å²) in [5.74, 6) is -1.08. The molecule has 3 aromatic rings. The van der Waals surface area contributed by atoms with Gasteiger partial charge < -0.3 is 14.8 Å². The third-order valence-electron chi connectivity index (χ3n) is 4.01. The number of aromatic nitrogens is 2. The van der Waals surface area contributed by atoms with E-state index in [9.17, 15) is 26.7 Å². The monoisotopic (exact) mass is 475 g/mol. The molecule has 0 spiro atoms. The second-order valence-electron chi connectivity index (χ2n) is 6.32. The minimum absolute atomic E-state index is 0.0415. The van der Waals surface area contributed by atoms with Crippen molar-refractivity contribution in [2.45, 2.75) is 19.3 Å². The number of rotatable bonds is 8. The van der Waals surface area contributed by atoms with Crippen LogP contribution in [0, 0.1) is 0 Å². The van der Waals surface area contributed by atoms with Crippen LogP contribution in [0.5, 0.6) is 11.6 Å². The molecule has 1 heterocycles. The van der Waals surface area contributed by atoms with Gasteiger partial charge in [0.2, 0.25) is 5.88 Å². The smallest absolute Gasteiger partial charge is 0.435 e. The second kappa shape index (κ2) is 9.86. The van der Waals surface area contributed by atoms with E-state index in [1.807, 2.05) is 0 Å². The average Bonchev–Trinajstić information content (AvgIpc) is 3.15. The number of hydrogen-bond acceptors (Lipinski definition) is 4. The maximum Gasteiger partial charge on any atom is 0.435 e. The predicted octanol–water partition coefficient (Wildman–Crippen LogP) is 4.84. The van der Waals surface area contributed by atoms with Crippen LogP contribution >= 0.6 is 11.6 Å². The highest BCUT2D eigenvalue weighted by Crippen LogP contribution is 2.33. The highest BCUT2D eigenvalue weighted by Gasteiger charge is 2.36. The van der Waals surface area contributed by atoms with Gasteiger partial charge in [-0.1, -0.05) is 35.9 Å². The van der Waals surface area contributed by atoms with Gasteiger partial charge in [0, 0.05) is 12.6 Å². The SMILES string of the molecule is O=C(COc1cc(C(F)(F)F)nn1-c1ccccc1Cl)NCc1cccc(OC(F)F)c1. The minimum Gasteiger partial charge on any atom is -0.467 e. The number of ether oxygens (including phenoxy) is 2. The van der Waals surface area contributed by atoms with Crippen LogP contribution in [0.2, 0.25) is 5.02 Å². The Kier molecular flexibility index (Phi) is 7.18. The normalized spacial score (nSPS) is 11.5. The van der Waals surface area contributed by atoms with Crippen molar-refractivity contribution in [3.05, 3.63) is 70.9 Å². The van der Waals surface area contributed by atoms with Crippen molar-refractivity contribution in [3.8, 4) is 17.3 Å². The van der Waals surface area contributed by atoms with E-state index < -0.39 is 31.0 Å². The van der Waals surface area contributed by atoms with E-state index in [0.717, 1.165) is 4.68 Å². The van der Waals surface area contributed by atoms with Crippen molar-refractivity contribution in [2.24, 2.45) is 0 Å². The lowest BCUT2D eigenvalue weighted by atomic mass is 10.2. The van der Waals surface area contributed by atoms with Gasteiger partial charge in [0.15, 0.2) is 12.3 Å². The molecule has 1 amide bonds. The Balaban J connectivity index is 1.68. The quantitative estimate of drug-likeness (QED) is 0.473. The molecule has 1 aromatic heterocycles. The zero-order chi connectivity index (χ0) is 23.3. The number of carbonyl (C=O) groups is 1. The maximum atomic E-state index is 13.1. The molecule has 2 aromatic carbocycles. The summed E-state index contributed by atoms with van der Waals surface area (Å²) in [5, 5.41) is 6.09. The Labute approximate surface area is 183 Å². The van der Waals surface area contributed by atoms with Crippen molar-refractivity contribution >= 4 is 17.5 Å². The van der Waals surface area contributed by atoms with E-state index in [2.05, 4.69) is 15.2 Å². The molecule has 0 saturated heterocycles. The first-order chi connectivity index (χ1) is 15.1. The summed E-state index contributed by atoms with van der Waals surface area (Å²) in [6.45, 7) is -3.65. The molecule has 6 nitrogen and oxygen atoms in total. The molecule has 1 N–H and O–H groups in total. The largest absolute Gasteiger partial charge is 0.467 e. The van der Waals surface area contributed by atoms with Gasteiger partial charge in [0.05, 0.1) is 10.7 Å². The highest BCUT2D eigenvalue weighted by atomic mass is 35.5. The van der Waals surface area contributed by atoms with Crippen LogP contribution in [-0.2, 0) is 17.5 Å². The molecule has 0 radical (unpaired) electrons. The summed E-state index contributed by atoms with van der Waals surface area (Å²) in [4.78, 5) is 12.1. The Morgan fingerprint density at radius 2 is 1.88 bits per heavy atom. The number of alkyl halides is 5. The molecule has 12 heteroatoms. The summed E-state index contributed by atoms with van der Waals surface area (Å²) in [6.07, 6.45) is -4.74. The highest BCUT2D eigenvalue weighted by molar-refractivity contribution is 6.32. The first-order valence-electron chi connectivity index (χ1n) is 8.99. The number of carbonyl (C=O) groups excluding carboxylic acids is 1. The van der Waals surface area contributed by atoms with Crippen molar-refractivity contribution in [1.29, 1.82) is 0 Å². The first kappa shape index (κ1) is 23.3. The van der Waals surface area contributed by atoms with Crippen LogP contribution in [0.4, 0.5) is 22.0 Å². The van der Waals surface area contributed by atoms with E-state index in [1.165, 1.54) is 30.3 Å². The van der Waals surface area contributed by atoms with Gasteiger partial charge in [-0.05, 0) is 29.8 Å². The molecule has 0 saturated carbocycles. The molecule has 0 aliphatic rings. The van der Waals surface area contributed by atoms with Crippen LogP contribution in [0.3, 0.4) is 0 Å². The summed E-state index contributed by atoms with van der Waals surface area (Å²) in [5.41, 5.74) is -0.614. The Morgan fingerprint density at radius 3 is 2.56 bits per heavy atom.